The monoisotopic (exact) mass is 406 g/mol. The number of fused-ring (bicyclic) bond motifs is 1. The molecule has 0 saturated heterocycles. The molecular weight excluding hydrogens is 388 g/mol. The van der Waals surface area contributed by atoms with E-state index in [9.17, 15) is 18.0 Å². The third-order valence-electron chi connectivity index (χ3n) is 4.75. The molecule has 7 heteroatoms. The van der Waals surface area contributed by atoms with Gasteiger partial charge < -0.3 is 0 Å². The van der Waals surface area contributed by atoms with E-state index in [1.165, 1.54) is 22.5 Å². The predicted molar refractivity (Wildman–Crippen MR) is 109 cm³/mol. The highest BCUT2D eigenvalue weighted by Crippen LogP contribution is 2.29. The van der Waals surface area contributed by atoms with Gasteiger partial charge in [0.25, 0.3) is 21.8 Å². The maximum atomic E-state index is 13.5. The Bertz CT molecular complexity index is 1220. The Morgan fingerprint density at radius 1 is 0.828 bits per heavy atom. The molecule has 0 aromatic heterocycles. The molecule has 1 aliphatic heterocycles. The Kier molecular flexibility index (Phi) is 4.68. The number of nitrogens with one attached hydrogen (secondary N) is 1. The summed E-state index contributed by atoms with van der Waals surface area (Å²) in [5.41, 5.74) is 2.52. The van der Waals surface area contributed by atoms with E-state index in [0.29, 0.717) is 5.69 Å². The lowest BCUT2D eigenvalue weighted by molar-refractivity contribution is 0.0879. The summed E-state index contributed by atoms with van der Waals surface area (Å²) in [7, 11) is -3.99. The molecule has 3 aromatic rings. The zero-order chi connectivity index (χ0) is 20.6. The standard InChI is InChI=1S/C22H18N2O4S/c1-15-6-5-9-17(12-15)24(14-16-7-3-2-4-8-16)29(27,28)18-10-11-19-20(13-18)22(26)23-21(19)25/h2-13H,14H2,1H3,(H,23,25,26). The average Bonchev–Trinajstić information content (AvgIpc) is 3.00. The minimum Gasteiger partial charge on any atom is -0.288 e. The Labute approximate surface area is 168 Å². The smallest absolute Gasteiger partial charge is 0.264 e. The molecule has 1 N–H and O–H groups in total. The molecule has 0 saturated carbocycles. The fourth-order valence-corrected chi connectivity index (χ4v) is 4.75. The molecule has 1 aliphatic rings. The maximum absolute atomic E-state index is 13.5. The van der Waals surface area contributed by atoms with Crippen molar-refractivity contribution in [3.05, 3.63) is 95.1 Å². The lowest BCUT2D eigenvalue weighted by Crippen LogP contribution is -2.30. The molecule has 0 atom stereocenters. The second-order valence-electron chi connectivity index (χ2n) is 6.83. The van der Waals surface area contributed by atoms with Crippen molar-refractivity contribution in [1.29, 1.82) is 0 Å². The van der Waals surface area contributed by atoms with E-state index >= 15 is 0 Å². The molecule has 0 bridgehead atoms. The van der Waals surface area contributed by atoms with Gasteiger partial charge in [0.1, 0.15) is 0 Å². The fourth-order valence-electron chi connectivity index (χ4n) is 3.28. The maximum Gasteiger partial charge on any atom is 0.264 e. The number of amides is 2. The lowest BCUT2D eigenvalue weighted by atomic mass is 10.1. The molecular formula is C22H18N2O4S. The van der Waals surface area contributed by atoms with Crippen molar-refractivity contribution in [3.63, 3.8) is 0 Å². The summed E-state index contributed by atoms with van der Waals surface area (Å²) in [5, 5.41) is 2.18. The highest BCUT2D eigenvalue weighted by atomic mass is 32.2. The van der Waals surface area contributed by atoms with Gasteiger partial charge >= 0.3 is 0 Å². The number of anilines is 1. The summed E-state index contributed by atoms with van der Waals surface area (Å²) in [6, 6.07) is 20.5. The second kappa shape index (κ2) is 7.18. The van der Waals surface area contributed by atoms with E-state index in [2.05, 4.69) is 5.32 Å². The van der Waals surface area contributed by atoms with Gasteiger partial charge in [-0.2, -0.15) is 0 Å². The van der Waals surface area contributed by atoms with Crippen molar-refractivity contribution in [2.45, 2.75) is 18.4 Å². The zero-order valence-corrected chi connectivity index (χ0v) is 16.4. The van der Waals surface area contributed by atoms with Gasteiger partial charge in [-0.25, -0.2) is 8.42 Å². The van der Waals surface area contributed by atoms with E-state index < -0.39 is 21.8 Å². The van der Waals surface area contributed by atoms with Crippen LogP contribution in [0.3, 0.4) is 0 Å². The van der Waals surface area contributed by atoms with E-state index in [-0.39, 0.29) is 22.6 Å². The first-order chi connectivity index (χ1) is 13.9. The number of rotatable bonds is 5. The Hall–Kier alpha value is -3.45. The van der Waals surface area contributed by atoms with Gasteiger partial charge in [0.2, 0.25) is 0 Å². The van der Waals surface area contributed by atoms with Crippen LogP contribution in [0.1, 0.15) is 31.8 Å². The molecule has 0 radical (unpaired) electrons. The number of benzene rings is 3. The van der Waals surface area contributed by atoms with Crippen LogP contribution >= 0.6 is 0 Å². The van der Waals surface area contributed by atoms with Crippen LogP contribution < -0.4 is 9.62 Å². The molecule has 1 heterocycles. The molecule has 146 valence electrons. The molecule has 0 fully saturated rings. The number of sulfonamides is 1. The van der Waals surface area contributed by atoms with Gasteiger partial charge in [0.15, 0.2) is 0 Å². The van der Waals surface area contributed by atoms with Crippen LogP contribution in [0.25, 0.3) is 0 Å². The molecule has 0 aliphatic carbocycles. The number of carbonyl (C=O) groups excluding carboxylic acids is 2. The Balaban J connectivity index is 1.82. The lowest BCUT2D eigenvalue weighted by Gasteiger charge is -2.25. The van der Waals surface area contributed by atoms with Crippen molar-refractivity contribution in [2.24, 2.45) is 0 Å². The predicted octanol–water partition coefficient (Wildman–Crippen LogP) is 3.27. The van der Waals surface area contributed by atoms with E-state index in [1.807, 2.05) is 43.3 Å². The molecule has 0 spiro atoms. The van der Waals surface area contributed by atoms with E-state index in [4.69, 9.17) is 0 Å². The van der Waals surface area contributed by atoms with Crippen LogP contribution in [0.15, 0.2) is 77.7 Å². The molecule has 2 amide bonds. The summed E-state index contributed by atoms with van der Waals surface area (Å²) >= 11 is 0. The van der Waals surface area contributed by atoms with Crippen molar-refractivity contribution >= 4 is 27.5 Å². The van der Waals surface area contributed by atoms with Crippen LogP contribution in [-0.2, 0) is 16.6 Å². The summed E-state index contributed by atoms with van der Waals surface area (Å²) in [4.78, 5) is 23.7. The van der Waals surface area contributed by atoms with Gasteiger partial charge in [-0.1, -0.05) is 42.5 Å². The van der Waals surface area contributed by atoms with Gasteiger partial charge in [-0.3, -0.25) is 19.2 Å². The summed E-state index contributed by atoms with van der Waals surface area (Å²) in [5.74, 6) is -1.11. The topological polar surface area (TPSA) is 83.6 Å². The Morgan fingerprint density at radius 2 is 1.55 bits per heavy atom. The number of aryl methyl sites for hydroxylation is 1. The molecule has 6 nitrogen and oxygen atoms in total. The van der Waals surface area contributed by atoms with Crippen LogP contribution in [0.4, 0.5) is 5.69 Å². The minimum absolute atomic E-state index is 0.0430. The average molecular weight is 406 g/mol. The van der Waals surface area contributed by atoms with Gasteiger partial charge in [0.05, 0.1) is 28.3 Å². The first-order valence-electron chi connectivity index (χ1n) is 8.99. The summed E-state index contributed by atoms with van der Waals surface area (Å²) in [6.45, 7) is 2.02. The highest BCUT2D eigenvalue weighted by Gasteiger charge is 2.31. The number of carbonyl (C=O) groups is 2. The van der Waals surface area contributed by atoms with Crippen LogP contribution in [0.5, 0.6) is 0 Å². The highest BCUT2D eigenvalue weighted by molar-refractivity contribution is 7.92. The van der Waals surface area contributed by atoms with Crippen LogP contribution in [0.2, 0.25) is 0 Å². The number of nitrogens with zero attached hydrogens (tertiary/aromatic N) is 1. The van der Waals surface area contributed by atoms with Crippen LogP contribution in [-0.4, -0.2) is 20.2 Å². The first-order valence-corrected chi connectivity index (χ1v) is 10.4. The Morgan fingerprint density at radius 3 is 2.28 bits per heavy atom. The van der Waals surface area contributed by atoms with Crippen molar-refractivity contribution < 1.29 is 18.0 Å². The van der Waals surface area contributed by atoms with Crippen molar-refractivity contribution in [2.75, 3.05) is 4.31 Å². The summed E-state index contributed by atoms with van der Waals surface area (Å²) in [6.07, 6.45) is 0. The van der Waals surface area contributed by atoms with E-state index in [0.717, 1.165) is 11.1 Å². The molecule has 29 heavy (non-hydrogen) atoms. The van der Waals surface area contributed by atoms with Crippen molar-refractivity contribution in [3.8, 4) is 0 Å². The minimum atomic E-state index is -3.99. The van der Waals surface area contributed by atoms with Gasteiger partial charge in [-0.15, -0.1) is 0 Å². The quantitative estimate of drug-likeness (QED) is 0.659. The number of imide groups is 1. The normalized spacial score (nSPS) is 13.1. The fraction of sp³-hybridized carbons (Fsp3) is 0.0909. The second-order valence-corrected chi connectivity index (χ2v) is 8.69. The van der Waals surface area contributed by atoms with Gasteiger partial charge in [-0.05, 0) is 48.4 Å². The SMILES string of the molecule is Cc1cccc(N(Cc2ccccc2)S(=O)(=O)c2ccc3c(c2)C(=O)NC3=O)c1. The van der Waals surface area contributed by atoms with Crippen molar-refractivity contribution in [1.82, 2.24) is 5.32 Å². The van der Waals surface area contributed by atoms with E-state index in [1.54, 1.807) is 18.2 Å². The molecule has 3 aromatic carbocycles. The number of hydrogen-bond acceptors (Lipinski definition) is 4. The van der Waals surface area contributed by atoms with Gasteiger partial charge in [0, 0.05) is 0 Å². The zero-order valence-electron chi connectivity index (χ0n) is 15.6. The third-order valence-corrected chi connectivity index (χ3v) is 6.52. The molecule has 4 rings (SSSR count). The largest absolute Gasteiger partial charge is 0.288 e. The van der Waals surface area contributed by atoms with Crippen LogP contribution in [0, 0.1) is 6.92 Å². The third kappa shape index (κ3) is 3.52. The first kappa shape index (κ1) is 18.9. The summed E-state index contributed by atoms with van der Waals surface area (Å²) < 4.78 is 28.4. The molecule has 0 unspecified atom stereocenters. The number of hydrogen-bond donors (Lipinski definition) is 1.